The Hall–Kier alpha value is -2.12. The van der Waals surface area contributed by atoms with Crippen LogP contribution in [0.3, 0.4) is 0 Å². The molecule has 0 aliphatic heterocycles. The van der Waals surface area contributed by atoms with Gasteiger partial charge in [-0.25, -0.2) is 13.1 Å². The van der Waals surface area contributed by atoms with Crippen molar-refractivity contribution in [1.82, 2.24) is 4.72 Å². The van der Waals surface area contributed by atoms with Gasteiger partial charge in [-0.05, 0) is 31.0 Å². The Labute approximate surface area is 128 Å². The zero-order valence-corrected chi connectivity index (χ0v) is 12.8. The Balaban J connectivity index is 2.05. The third-order valence-electron chi connectivity index (χ3n) is 3.19. The number of aliphatic carboxylic acids is 1. The standard InChI is InChI=1S/C15H17NO5S/c1-11-4-2-5-12(8-11)9-13(15(17)18)10-16-22(19,20)14-6-3-7-21-14/h2-8,13,16H,9-10H2,1H3,(H,17,18). The zero-order chi connectivity index (χ0) is 16.2. The van der Waals surface area contributed by atoms with E-state index in [0.29, 0.717) is 0 Å². The van der Waals surface area contributed by atoms with Gasteiger partial charge < -0.3 is 9.52 Å². The lowest BCUT2D eigenvalue weighted by molar-refractivity contribution is -0.141. The van der Waals surface area contributed by atoms with Crippen molar-refractivity contribution in [3.05, 3.63) is 53.8 Å². The molecule has 7 heteroatoms. The SMILES string of the molecule is Cc1cccc(CC(CNS(=O)(=O)c2ccco2)C(=O)O)c1. The second-order valence-corrected chi connectivity index (χ2v) is 6.71. The number of furan rings is 1. The number of rotatable bonds is 7. The predicted octanol–water partition coefficient (Wildman–Crippen LogP) is 1.81. The number of aryl methyl sites for hydroxylation is 1. The Kier molecular flexibility index (Phi) is 4.99. The van der Waals surface area contributed by atoms with Gasteiger partial charge in [0.05, 0.1) is 12.2 Å². The third-order valence-corrected chi connectivity index (χ3v) is 4.50. The Morgan fingerprint density at radius 3 is 2.68 bits per heavy atom. The van der Waals surface area contributed by atoms with E-state index in [0.717, 1.165) is 11.1 Å². The summed E-state index contributed by atoms with van der Waals surface area (Å²) in [7, 11) is -3.83. The molecule has 1 aromatic carbocycles. The summed E-state index contributed by atoms with van der Waals surface area (Å²) in [4.78, 5) is 11.3. The van der Waals surface area contributed by atoms with E-state index in [9.17, 15) is 18.3 Å². The van der Waals surface area contributed by atoms with Crippen molar-refractivity contribution in [3.63, 3.8) is 0 Å². The van der Waals surface area contributed by atoms with E-state index in [1.54, 1.807) is 0 Å². The first-order valence-electron chi connectivity index (χ1n) is 6.70. The average molecular weight is 323 g/mol. The van der Waals surface area contributed by atoms with Gasteiger partial charge in [0, 0.05) is 6.54 Å². The summed E-state index contributed by atoms with van der Waals surface area (Å²) in [5.74, 6) is -1.91. The highest BCUT2D eigenvalue weighted by atomic mass is 32.2. The molecule has 1 aromatic heterocycles. The van der Waals surface area contributed by atoms with E-state index in [1.807, 2.05) is 31.2 Å². The third kappa shape index (κ3) is 4.19. The molecule has 1 unspecified atom stereocenters. The topological polar surface area (TPSA) is 96.6 Å². The van der Waals surface area contributed by atoms with Crippen LogP contribution in [0.15, 0.2) is 52.2 Å². The first-order chi connectivity index (χ1) is 10.4. The van der Waals surface area contributed by atoms with E-state index in [1.165, 1.54) is 18.4 Å². The lowest BCUT2D eigenvalue weighted by Gasteiger charge is -2.13. The van der Waals surface area contributed by atoms with Crippen molar-refractivity contribution in [2.24, 2.45) is 5.92 Å². The minimum absolute atomic E-state index is 0.202. The lowest BCUT2D eigenvalue weighted by atomic mass is 9.98. The molecule has 0 saturated heterocycles. The van der Waals surface area contributed by atoms with E-state index in [2.05, 4.69) is 4.72 Å². The van der Waals surface area contributed by atoms with Gasteiger partial charge in [0.15, 0.2) is 0 Å². The highest BCUT2D eigenvalue weighted by Crippen LogP contribution is 2.13. The molecule has 0 spiro atoms. The smallest absolute Gasteiger partial charge is 0.308 e. The molecule has 0 radical (unpaired) electrons. The first-order valence-corrected chi connectivity index (χ1v) is 8.18. The van der Waals surface area contributed by atoms with Crippen molar-refractivity contribution in [3.8, 4) is 0 Å². The van der Waals surface area contributed by atoms with Crippen LogP contribution in [0.25, 0.3) is 0 Å². The monoisotopic (exact) mass is 323 g/mol. The highest BCUT2D eigenvalue weighted by Gasteiger charge is 2.23. The van der Waals surface area contributed by atoms with Crippen LogP contribution in [0.2, 0.25) is 0 Å². The average Bonchev–Trinajstić information content (AvgIpc) is 2.98. The van der Waals surface area contributed by atoms with Gasteiger partial charge in [-0.1, -0.05) is 29.8 Å². The number of sulfonamides is 1. The van der Waals surface area contributed by atoms with Gasteiger partial charge >= 0.3 is 5.97 Å². The molecule has 0 aliphatic carbocycles. The minimum Gasteiger partial charge on any atom is -0.481 e. The summed E-state index contributed by atoms with van der Waals surface area (Å²) in [5.41, 5.74) is 1.88. The van der Waals surface area contributed by atoms with Crippen LogP contribution in [0, 0.1) is 12.8 Å². The van der Waals surface area contributed by atoms with Crippen molar-refractivity contribution in [1.29, 1.82) is 0 Å². The van der Waals surface area contributed by atoms with E-state index in [4.69, 9.17) is 4.42 Å². The normalized spacial score (nSPS) is 13.0. The fraction of sp³-hybridized carbons (Fsp3) is 0.267. The number of carboxylic acids is 1. The summed E-state index contributed by atoms with van der Waals surface area (Å²) in [6.45, 7) is 1.71. The molecule has 2 N–H and O–H groups in total. The summed E-state index contributed by atoms with van der Waals surface area (Å²) in [6, 6.07) is 10.2. The zero-order valence-electron chi connectivity index (χ0n) is 12.0. The lowest BCUT2D eigenvalue weighted by Crippen LogP contribution is -2.34. The number of nitrogens with one attached hydrogen (secondary N) is 1. The minimum atomic E-state index is -3.83. The van der Waals surface area contributed by atoms with E-state index >= 15 is 0 Å². The van der Waals surface area contributed by atoms with Gasteiger partial charge in [-0.2, -0.15) is 0 Å². The van der Waals surface area contributed by atoms with Crippen LogP contribution >= 0.6 is 0 Å². The molecule has 2 aromatic rings. The predicted molar refractivity (Wildman–Crippen MR) is 79.9 cm³/mol. The fourth-order valence-electron chi connectivity index (χ4n) is 2.07. The van der Waals surface area contributed by atoms with Crippen LogP contribution in [-0.4, -0.2) is 26.0 Å². The number of hydrogen-bond donors (Lipinski definition) is 2. The van der Waals surface area contributed by atoms with Crippen molar-refractivity contribution < 1.29 is 22.7 Å². The number of benzene rings is 1. The second kappa shape index (κ2) is 6.76. The van der Waals surface area contributed by atoms with Crippen LogP contribution in [-0.2, 0) is 21.2 Å². The van der Waals surface area contributed by atoms with Crippen LogP contribution in [0.1, 0.15) is 11.1 Å². The second-order valence-electron chi connectivity index (χ2n) is 5.01. The molecule has 1 heterocycles. The van der Waals surface area contributed by atoms with Crippen molar-refractivity contribution in [2.75, 3.05) is 6.54 Å². The van der Waals surface area contributed by atoms with Crippen LogP contribution in [0.5, 0.6) is 0 Å². The van der Waals surface area contributed by atoms with Gasteiger partial charge in [-0.3, -0.25) is 4.79 Å². The molecule has 118 valence electrons. The maximum absolute atomic E-state index is 11.9. The Morgan fingerprint density at radius 2 is 2.09 bits per heavy atom. The molecule has 0 amide bonds. The molecule has 0 fully saturated rings. The summed E-state index contributed by atoms with van der Waals surface area (Å²) < 4.78 is 31.0. The number of carbonyl (C=O) groups is 1. The van der Waals surface area contributed by atoms with E-state index in [-0.39, 0.29) is 18.1 Å². The molecule has 0 aliphatic rings. The maximum Gasteiger partial charge on any atom is 0.308 e. The van der Waals surface area contributed by atoms with Crippen LogP contribution < -0.4 is 4.72 Å². The Morgan fingerprint density at radius 1 is 1.32 bits per heavy atom. The molecular formula is C15H17NO5S. The number of carboxylic acid groups (broad SMARTS) is 1. The van der Waals surface area contributed by atoms with E-state index < -0.39 is 21.9 Å². The Bertz CT molecular complexity index is 737. The molecular weight excluding hydrogens is 306 g/mol. The van der Waals surface area contributed by atoms with Crippen LogP contribution in [0.4, 0.5) is 0 Å². The maximum atomic E-state index is 11.9. The largest absolute Gasteiger partial charge is 0.481 e. The highest BCUT2D eigenvalue weighted by molar-refractivity contribution is 7.89. The summed E-state index contributed by atoms with van der Waals surface area (Å²) in [5, 5.41) is 9.04. The van der Waals surface area contributed by atoms with Gasteiger partial charge in [0.1, 0.15) is 0 Å². The van der Waals surface area contributed by atoms with Gasteiger partial charge in [-0.15, -0.1) is 0 Å². The van der Waals surface area contributed by atoms with Crippen molar-refractivity contribution in [2.45, 2.75) is 18.4 Å². The fourth-order valence-corrected chi connectivity index (χ4v) is 3.07. The molecule has 2 rings (SSSR count). The molecule has 6 nitrogen and oxygen atoms in total. The molecule has 1 atom stereocenters. The molecule has 0 saturated carbocycles. The summed E-state index contributed by atoms with van der Waals surface area (Å²) in [6.07, 6.45) is 1.49. The van der Waals surface area contributed by atoms with Gasteiger partial charge in [0.2, 0.25) is 5.09 Å². The molecule has 22 heavy (non-hydrogen) atoms. The first kappa shape index (κ1) is 16.3. The van der Waals surface area contributed by atoms with Crippen molar-refractivity contribution >= 4 is 16.0 Å². The number of hydrogen-bond acceptors (Lipinski definition) is 4. The molecule has 0 bridgehead atoms. The quantitative estimate of drug-likeness (QED) is 0.810. The van der Waals surface area contributed by atoms with Gasteiger partial charge in [0.25, 0.3) is 10.0 Å². The summed E-state index contributed by atoms with van der Waals surface area (Å²) >= 11 is 0.